The van der Waals surface area contributed by atoms with E-state index < -0.39 is 0 Å². The first-order valence-corrected chi connectivity index (χ1v) is 14.0. The van der Waals surface area contributed by atoms with Gasteiger partial charge in [0.2, 0.25) is 5.91 Å². The molecule has 6 rings (SSSR count). The summed E-state index contributed by atoms with van der Waals surface area (Å²) < 4.78 is 12.3. The van der Waals surface area contributed by atoms with E-state index in [4.69, 9.17) is 14.9 Å². The molecule has 0 saturated heterocycles. The first-order chi connectivity index (χ1) is 19.6. The highest BCUT2D eigenvalue weighted by Gasteiger charge is 2.44. The van der Waals surface area contributed by atoms with Crippen molar-refractivity contribution in [2.24, 2.45) is 11.7 Å². The topological polar surface area (TPSA) is 77.5 Å². The molecular formula is C35H34N2O3. The average Bonchev–Trinajstić information content (AvgIpc) is 3.68. The number of para-hydroxylation sites is 1. The van der Waals surface area contributed by atoms with E-state index in [-0.39, 0.29) is 17.9 Å². The van der Waals surface area contributed by atoms with Crippen LogP contribution in [0.3, 0.4) is 0 Å². The Hall–Kier alpha value is -4.35. The lowest BCUT2D eigenvalue weighted by Gasteiger charge is -2.21. The van der Waals surface area contributed by atoms with Gasteiger partial charge in [-0.2, -0.15) is 0 Å². The summed E-state index contributed by atoms with van der Waals surface area (Å²) >= 11 is 0. The zero-order chi connectivity index (χ0) is 27.5. The highest BCUT2D eigenvalue weighted by molar-refractivity contribution is 5.93. The Balaban J connectivity index is 1.20. The SMILES string of the molecule is CCC(NC(=O)[C@@H]1C[C@H]1c1ccccc1)c1ccccc1OCc1cc(-c2cccc(CN)c2)c2occc2c1. The number of benzene rings is 4. The molecule has 1 heterocycles. The van der Waals surface area contributed by atoms with Crippen LogP contribution in [0.4, 0.5) is 0 Å². The van der Waals surface area contributed by atoms with E-state index in [1.54, 1.807) is 6.26 Å². The zero-order valence-corrected chi connectivity index (χ0v) is 22.7. The van der Waals surface area contributed by atoms with Gasteiger partial charge >= 0.3 is 0 Å². The molecule has 1 unspecified atom stereocenters. The van der Waals surface area contributed by atoms with E-state index in [1.807, 2.05) is 60.7 Å². The summed E-state index contributed by atoms with van der Waals surface area (Å²) in [6, 6.07) is 32.6. The molecule has 5 nitrogen and oxygen atoms in total. The van der Waals surface area contributed by atoms with Crippen molar-refractivity contribution in [3.8, 4) is 16.9 Å². The molecule has 3 atom stereocenters. The van der Waals surface area contributed by atoms with E-state index in [0.29, 0.717) is 19.1 Å². The molecule has 1 fully saturated rings. The van der Waals surface area contributed by atoms with Crippen LogP contribution in [0.1, 0.15) is 54.0 Å². The van der Waals surface area contributed by atoms with Crippen LogP contribution in [0, 0.1) is 5.92 Å². The van der Waals surface area contributed by atoms with Gasteiger partial charge in [0.05, 0.1) is 12.3 Å². The van der Waals surface area contributed by atoms with Crippen molar-refractivity contribution in [2.75, 3.05) is 0 Å². The lowest BCUT2D eigenvalue weighted by molar-refractivity contribution is -0.123. The fourth-order valence-electron chi connectivity index (χ4n) is 5.60. The van der Waals surface area contributed by atoms with Crippen LogP contribution in [0.15, 0.2) is 108 Å². The molecule has 0 radical (unpaired) electrons. The second kappa shape index (κ2) is 11.4. The second-order valence-electron chi connectivity index (χ2n) is 10.5. The van der Waals surface area contributed by atoms with Crippen LogP contribution in [0.25, 0.3) is 22.1 Å². The predicted octanol–water partition coefficient (Wildman–Crippen LogP) is 7.51. The molecule has 0 spiro atoms. The normalized spacial score (nSPS) is 16.9. The lowest BCUT2D eigenvalue weighted by atomic mass is 9.99. The first-order valence-electron chi connectivity index (χ1n) is 14.0. The Kier molecular flexibility index (Phi) is 7.39. The Morgan fingerprint density at radius 1 is 0.975 bits per heavy atom. The third-order valence-corrected chi connectivity index (χ3v) is 7.85. The third-order valence-electron chi connectivity index (χ3n) is 7.85. The fraction of sp³-hybridized carbons (Fsp3) is 0.229. The molecule has 5 aromatic rings. The van der Waals surface area contributed by atoms with Crippen molar-refractivity contribution in [3.63, 3.8) is 0 Å². The molecule has 1 aromatic heterocycles. The van der Waals surface area contributed by atoms with Crippen molar-refractivity contribution in [2.45, 2.75) is 44.9 Å². The minimum absolute atomic E-state index is 0.0300. The van der Waals surface area contributed by atoms with Gasteiger partial charge < -0.3 is 20.2 Å². The number of nitrogens with one attached hydrogen (secondary N) is 1. The van der Waals surface area contributed by atoms with Gasteiger partial charge in [-0.3, -0.25) is 4.79 Å². The van der Waals surface area contributed by atoms with Gasteiger partial charge in [0.25, 0.3) is 0 Å². The number of ether oxygens (including phenoxy) is 1. The monoisotopic (exact) mass is 530 g/mol. The predicted molar refractivity (Wildman–Crippen MR) is 159 cm³/mol. The van der Waals surface area contributed by atoms with E-state index in [1.165, 1.54) is 5.56 Å². The van der Waals surface area contributed by atoms with E-state index in [2.05, 4.69) is 48.6 Å². The van der Waals surface area contributed by atoms with Gasteiger partial charge in [0.15, 0.2) is 0 Å². The zero-order valence-electron chi connectivity index (χ0n) is 22.7. The molecule has 4 aromatic carbocycles. The summed E-state index contributed by atoms with van der Waals surface area (Å²) in [5.41, 5.74) is 13.2. The van der Waals surface area contributed by atoms with Crippen molar-refractivity contribution >= 4 is 16.9 Å². The maximum Gasteiger partial charge on any atom is 0.224 e. The van der Waals surface area contributed by atoms with Crippen molar-refractivity contribution in [1.29, 1.82) is 0 Å². The molecule has 1 aliphatic rings. The fourth-order valence-corrected chi connectivity index (χ4v) is 5.60. The number of fused-ring (bicyclic) bond motifs is 1. The molecule has 1 saturated carbocycles. The Bertz CT molecular complexity index is 1620. The van der Waals surface area contributed by atoms with E-state index in [9.17, 15) is 4.79 Å². The summed E-state index contributed by atoms with van der Waals surface area (Å²) in [6.45, 7) is 2.97. The van der Waals surface area contributed by atoms with Crippen LogP contribution < -0.4 is 15.8 Å². The van der Waals surface area contributed by atoms with Crippen molar-refractivity contribution < 1.29 is 13.9 Å². The molecule has 5 heteroatoms. The quantitative estimate of drug-likeness (QED) is 0.196. The standard InChI is InChI=1S/C35H34N2O3/c1-2-32(37-35(38)31-20-29(31)25-10-4-3-5-11-25)28-13-6-7-14-33(28)40-22-24-18-27-15-16-39-34(27)30(19-24)26-12-8-9-23(17-26)21-36/h3-19,29,31-32H,2,20-22,36H2,1H3,(H,37,38)/t29-,31+,32?/m0/s1. The number of furan rings is 1. The van der Waals surface area contributed by atoms with Crippen LogP contribution in [-0.2, 0) is 17.9 Å². The first kappa shape index (κ1) is 25.9. The highest BCUT2D eigenvalue weighted by Crippen LogP contribution is 2.48. The minimum atomic E-state index is -0.119. The van der Waals surface area contributed by atoms with Crippen molar-refractivity contribution in [1.82, 2.24) is 5.32 Å². The van der Waals surface area contributed by atoms with E-state index >= 15 is 0 Å². The molecular weight excluding hydrogens is 496 g/mol. The number of amides is 1. The smallest absolute Gasteiger partial charge is 0.224 e. The Morgan fingerprint density at radius 2 is 1.80 bits per heavy atom. The molecule has 0 aliphatic heterocycles. The summed E-state index contributed by atoms with van der Waals surface area (Å²) in [6.07, 6.45) is 3.40. The number of carbonyl (C=O) groups excluding carboxylic acids is 1. The largest absolute Gasteiger partial charge is 0.489 e. The molecule has 0 bridgehead atoms. The molecule has 3 N–H and O–H groups in total. The van der Waals surface area contributed by atoms with Gasteiger partial charge in [0, 0.05) is 29.0 Å². The average molecular weight is 531 g/mol. The van der Waals surface area contributed by atoms with Gasteiger partial charge in [-0.05, 0) is 71.3 Å². The number of carbonyl (C=O) groups is 1. The minimum Gasteiger partial charge on any atom is -0.489 e. The number of rotatable bonds is 10. The summed E-state index contributed by atoms with van der Waals surface area (Å²) in [4.78, 5) is 13.2. The molecule has 1 amide bonds. The number of hydrogen-bond acceptors (Lipinski definition) is 4. The molecule has 1 aliphatic carbocycles. The van der Waals surface area contributed by atoms with Gasteiger partial charge in [-0.15, -0.1) is 0 Å². The van der Waals surface area contributed by atoms with Crippen LogP contribution in [-0.4, -0.2) is 5.91 Å². The number of nitrogens with two attached hydrogens (primary N) is 1. The Morgan fingerprint density at radius 3 is 2.62 bits per heavy atom. The number of hydrogen-bond donors (Lipinski definition) is 2. The second-order valence-corrected chi connectivity index (χ2v) is 10.5. The summed E-state index contributed by atoms with van der Waals surface area (Å²) in [5, 5.41) is 4.33. The van der Waals surface area contributed by atoms with E-state index in [0.717, 1.165) is 57.4 Å². The van der Waals surface area contributed by atoms with Gasteiger partial charge in [-0.25, -0.2) is 0 Å². The van der Waals surface area contributed by atoms with Crippen molar-refractivity contribution in [3.05, 3.63) is 126 Å². The van der Waals surface area contributed by atoms with Gasteiger partial charge in [-0.1, -0.05) is 73.7 Å². The highest BCUT2D eigenvalue weighted by atomic mass is 16.5. The lowest BCUT2D eigenvalue weighted by Crippen LogP contribution is -2.30. The maximum absolute atomic E-state index is 13.2. The summed E-state index contributed by atoms with van der Waals surface area (Å²) in [5.74, 6) is 1.24. The summed E-state index contributed by atoms with van der Waals surface area (Å²) in [7, 11) is 0. The van der Waals surface area contributed by atoms with Crippen LogP contribution >= 0.6 is 0 Å². The van der Waals surface area contributed by atoms with Gasteiger partial charge in [0.1, 0.15) is 17.9 Å². The molecule has 40 heavy (non-hydrogen) atoms. The van der Waals surface area contributed by atoms with Crippen LogP contribution in [0.5, 0.6) is 5.75 Å². The maximum atomic E-state index is 13.2. The third kappa shape index (κ3) is 5.38. The van der Waals surface area contributed by atoms with Crippen LogP contribution in [0.2, 0.25) is 0 Å². The molecule has 202 valence electrons. The Labute approximate surface area is 235 Å².